The maximum absolute atomic E-state index is 11.1. The molecule has 0 aliphatic carbocycles. The van der Waals surface area contributed by atoms with Crippen LogP contribution in [-0.2, 0) is 24.1 Å². The summed E-state index contributed by atoms with van der Waals surface area (Å²) in [6.45, 7) is 12.9. The highest BCUT2D eigenvalue weighted by atomic mass is 32.3. The molecule has 138 valence electrons. The summed E-state index contributed by atoms with van der Waals surface area (Å²) < 4.78 is 67.7. The molecule has 0 radical (unpaired) electrons. The van der Waals surface area contributed by atoms with E-state index in [-0.39, 0.29) is 5.97 Å². The van der Waals surface area contributed by atoms with Gasteiger partial charge in [-0.3, -0.25) is 0 Å². The highest BCUT2D eigenvalue weighted by Crippen LogP contribution is 2.17. The average Bonchev–Trinajstić information content (AvgIpc) is 2.34. The molecule has 0 unspecified atom stereocenters. The molecular weight excluding hydrogens is 343 g/mol. The molecule has 7 nitrogen and oxygen atoms in total. The van der Waals surface area contributed by atoms with E-state index in [4.69, 9.17) is 17.7 Å². The largest absolute Gasteiger partial charge is 0.725 e. The van der Waals surface area contributed by atoms with Crippen LogP contribution < -0.4 is 0 Å². The Morgan fingerprint density at radius 3 is 1.91 bits per heavy atom. The second-order valence-electron chi connectivity index (χ2n) is 4.83. The Morgan fingerprint density at radius 2 is 1.70 bits per heavy atom. The third-order valence-electron chi connectivity index (χ3n) is 2.94. The first-order chi connectivity index (χ1) is 10.2. The Labute approximate surface area is 134 Å². The van der Waals surface area contributed by atoms with Gasteiger partial charge in [-0.05, 0) is 20.8 Å². The van der Waals surface area contributed by atoms with Crippen LogP contribution in [0.3, 0.4) is 0 Å². The van der Waals surface area contributed by atoms with Gasteiger partial charge in [0.1, 0.15) is 13.2 Å². The zero-order valence-corrected chi connectivity index (χ0v) is 14.3. The highest BCUT2D eigenvalue weighted by Gasteiger charge is 2.32. The van der Waals surface area contributed by atoms with Gasteiger partial charge in [-0.15, -0.1) is 13.2 Å². The van der Waals surface area contributed by atoms with Crippen molar-refractivity contribution >= 4 is 16.4 Å². The number of hydrogen-bond donors (Lipinski definition) is 0. The third kappa shape index (κ3) is 15.5. The summed E-state index contributed by atoms with van der Waals surface area (Å²) in [5.74, 6) is -0.288. The van der Waals surface area contributed by atoms with Crippen LogP contribution in [0, 0.1) is 0 Å². The van der Waals surface area contributed by atoms with Crippen LogP contribution in [0.1, 0.15) is 20.8 Å². The van der Waals surface area contributed by atoms with Crippen molar-refractivity contribution in [2.45, 2.75) is 27.1 Å². The van der Waals surface area contributed by atoms with Crippen molar-refractivity contribution in [3.63, 3.8) is 0 Å². The number of ether oxygens (including phenoxy) is 1. The Balaban J connectivity index is 0. The summed E-state index contributed by atoms with van der Waals surface area (Å²) in [6.07, 6.45) is -5.42. The average molecular weight is 365 g/mol. The molecule has 0 aliphatic heterocycles. The molecule has 0 aromatic heterocycles. The maximum atomic E-state index is 11.1. The summed E-state index contributed by atoms with van der Waals surface area (Å²) in [7, 11) is -3.50. The van der Waals surface area contributed by atoms with Crippen molar-refractivity contribution in [1.82, 2.24) is 0 Å². The lowest BCUT2D eigenvalue weighted by Crippen LogP contribution is -2.46. The Kier molecular flexibility index (Phi) is 10.3. The molecule has 0 saturated heterocycles. The first-order valence-corrected chi connectivity index (χ1v) is 7.88. The minimum atomic E-state index is -5.66. The molecule has 0 rings (SSSR count). The van der Waals surface area contributed by atoms with Crippen LogP contribution in [0.25, 0.3) is 0 Å². The molecule has 0 aromatic rings. The van der Waals surface area contributed by atoms with E-state index in [1.165, 1.54) is 0 Å². The summed E-state index contributed by atoms with van der Waals surface area (Å²) in [5.41, 5.74) is 0.465. The molecule has 0 atom stereocenters. The van der Waals surface area contributed by atoms with E-state index in [9.17, 15) is 18.0 Å². The van der Waals surface area contributed by atoms with Gasteiger partial charge in [0.25, 0.3) is 0 Å². The Morgan fingerprint density at radius 1 is 1.26 bits per heavy atom. The molecule has 0 spiro atoms. The molecule has 0 saturated carbocycles. The van der Waals surface area contributed by atoms with Crippen LogP contribution in [0.15, 0.2) is 12.2 Å². The lowest BCUT2D eigenvalue weighted by atomic mass is 10.3. The lowest BCUT2D eigenvalue weighted by Gasteiger charge is -2.31. The van der Waals surface area contributed by atoms with E-state index in [1.807, 2.05) is 4.18 Å². The Hall–Kier alpha value is -1.17. The normalized spacial score (nSPS) is 12.2. The number of carbonyl (C=O) groups excluding carboxylic acids is 1. The second-order valence-corrected chi connectivity index (χ2v) is 5.81. The first kappa shape index (κ1) is 24.1. The van der Waals surface area contributed by atoms with Gasteiger partial charge in [0.15, 0.2) is 0 Å². The summed E-state index contributed by atoms with van der Waals surface area (Å²) in [6, 6.07) is 0. The zero-order chi connectivity index (χ0) is 18.9. The van der Waals surface area contributed by atoms with E-state index in [1.54, 1.807) is 6.92 Å². The van der Waals surface area contributed by atoms with Crippen molar-refractivity contribution < 1.29 is 44.3 Å². The number of alkyl halides is 3. The quantitative estimate of drug-likeness (QED) is 0.224. The van der Waals surface area contributed by atoms with E-state index >= 15 is 0 Å². The minimum absolute atomic E-state index is 0.288. The van der Waals surface area contributed by atoms with Gasteiger partial charge in [-0.25, -0.2) is 13.2 Å². The fourth-order valence-electron chi connectivity index (χ4n) is 1.14. The molecule has 0 aromatic carbocycles. The maximum Gasteiger partial charge on any atom is 0.536 e. The van der Waals surface area contributed by atoms with Gasteiger partial charge in [0.2, 0.25) is 10.4 Å². The van der Waals surface area contributed by atoms with E-state index in [0.717, 1.165) is 24.1 Å². The lowest BCUT2D eigenvalue weighted by molar-refractivity contribution is -0.906. The SMILES string of the molecule is C=C(C)C(=O)OCC[N+](C)(CC)CC.O=S(=O)([O-])OC(F)(F)F. The third-order valence-corrected chi connectivity index (χ3v) is 3.33. The number of carbonyl (C=O) groups is 1. The zero-order valence-electron chi connectivity index (χ0n) is 13.5. The van der Waals surface area contributed by atoms with E-state index < -0.39 is 16.8 Å². The fraction of sp³-hybridized carbons (Fsp3) is 0.750. The minimum Gasteiger partial charge on any atom is -0.725 e. The molecule has 0 amide bonds. The highest BCUT2D eigenvalue weighted by molar-refractivity contribution is 7.80. The monoisotopic (exact) mass is 365 g/mol. The summed E-state index contributed by atoms with van der Waals surface area (Å²) in [4.78, 5) is 11.1. The molecule has 11 heteroatoms. The van der Waals surface area contributed by atoms with Crippen molar-refractivity contribution in [1.29, 1.82) is 0 Å². The predicted molar refractivity (Wildman–Crippen MR) is 74.7 cm³/mol. The molecule has 0 fully saturated rings. The van der Waals surface area contributed by atoms with Crippen molar-refractivity contribution in [3.05, 3.63) is 12.2 Å². The van der Waals surface area contributed by atoms with E-state index in [0.29, 0.717) is 12.2 Å². The van der Waals surface area contributed by atoms with Gasteiger partial charge in [0, 0.05) is 5.57 Å². The molecule has 0 N–H and O–H groups in total. The van der Waals surface area contributed by atoms with Gasteiger partial charge in [0.05, 0.1) is 20.1 Å². The fourth-order valence-corrected chi connectivity index (χ4v) is 1.37. The molecule has 0 heterocycles. The van der Waals surface area contributed by atoms with Gasteiger partial charge in [-0.1, -0.05) is 6.58 Å². The number of rotatable bonds is 7. The number of hydrogen-bond acceptors (Lipinski definition) is 6. The van der Waals surface area contributed by atoms with E-state index in [2.05, 4.69) is 27.5 Å². The molecule has 23 heavy (non-hydrogen) atoms. The first-order valence-electron chi connectivity index (χ1n) is 6.55. The van der Waals surface area contributed by atoms with Crippen LogP contribution in [-0.4, -0.2) is 63.1 Å². The van der Waals surface area contributed by atoms with Gasteiger partial charge in [-0.2, -0.15) is 4.18 Å². The smallest absolute Gasteiger partial charge is 0.536 e. The van der Waals surface area contributed by atoms with Gasteiger partial charge < -0.3 is 13.8 Å². The van der Waals surface area contributed by atoms with Crippen molar-refractivity contribution in [2.75, 3.05) is 33.3 Å². The van der Waals surface area contributed by atoms with Crippen molar-refractivity contribution in [3.8, 4) is 0 Å². The number of halogens is 3. The van der Waals surface area contributed by atoms with Crippen LogP contribution in [0.2, 0.25) is 0 Å². The molecular formula is C12H22F3NO6S. The van der Waals surface area contributed by atoms with Crippen LogP contribution >= 0.6 is 0 Å². The molecule has 0 aliphatic rings. The van der Waals surface area contributed by atoms with Crippen LogP contribution in [0.5, 0.6) is 0 Å². The predicted octanol–water partition coefficient (Wildman–Crippen LogP) is 1.58. The molecule has 0 bridgehead atoms. The van der Waals surface area contributed by atoms with Crippen LogP contribution in [0.4, 0.5) is 13.2 Å². The number of quaternary nitrogens is 1. The Bertz CT molecular complexity index is 486. The summed E-state index contributed by atoms with van der Waals surface area (Å²) >= 11 is 0. The number of nitrogens with zero attached hydrogens (tertiary/aromatic N) is 1. The number of likely N-dealkylation sites (N-methyl/N-ethyl adjacent to an activating group) is 1. The second kappa shape index (κ2) is 9.85. The number of esters is 1. The summed E-state index contributed by atoms with van der Waals surface area (Å²) in [5, 5.41) is 0. The van der Waals surface area contributed by atoms with Crippen molar-refractivity contribution in [2.24, 2.45) is 0 Å². The standard InChI is InChI=1S/C11H22NO2.CHF3O4S/c1-6-12(5,7-2)8-9-14-11(13)10(3)4;2-1(3,4)8-9(5,6)7/h3,6-9H2,1-2,4-5H3;(H,5,6,7)/q+1;/p-1. The van der Waals surface area contributed by atoms with Gasteiger partial charge >= 0.3 is 12.3 Å². The topological polar surface area (TPSA) is 92.7 Å².